The van der Waals surface area contributed by atoms with Crippen molar-refractivity contribution in [3.8, 4) is 16.2 Å². The van der Waals surface area contributed by atoms with E-state index in [1.165, 1.54) is 0 Å². The van der Waals surface area contributed by atoms with Gasteiger partial charge in [0.15, 0.2) is 0 Å². The molecule has 0 radical (unpaired) electrons. The largest absolute Gasteiger partial charge is 0.496 e. The minimum absolute atomic E-state index is 0.0794. The average Bonchev–Trinajstić information content (AvgIpc) is 3.11. The SMILES string of the molecule is COc1cc(C)ccc1C(=O)N(C)c1csc(-c2ccccc2)c1. The van der Waals surface area contributed by atoms with Crippen LogP contribution in [0, 0.1) is 6.92 Å². The minimum Gasteiger partial charge on any atom is -0.496 e. The summed E-state index contributed by atoms with van der Waals surface area (Å²) in [6.07, 6.45) is 0. The van der Waals surface area contributed by atoms with Crippen molar-refractivity contribution in [2.75, 3.05) is 19.1 Å². The fraction of sp³-hybridized carbons (Fsp3) is 0.150. The molecule has 3 aromatic rings. The van der Waals surface area contributed by atoms with Crippen LogP contribution in [-0.4, -0.2) is 20.1 Å². The van der Waals surface area contributed by atoms with E-state index in [0.29, 0.717) is 11.3 Å². The van der Waals surface area contributed by atoms with Gasteiger partial charge in [-0.3, -0.25) is 4.79 Å². The number of hydrogen-bond acceptors (Lipinski definition) is 3. The number of carbonyl (C=O) groups is 1. The second-order valence-corrected chi connectivity index (χ2v) is 6.51. The van der Waals surface area contributed by atoms with Crippen molar-refractivity contribution in [1.29, 1.82) is 0 Å². The van der Waals surface area contributed by atoms with Crippen molar-refractivity contribution in [2.24, 2.45) is 0 Å². The van der Waals surface area contributed by atoms with E-state index in [2.05, 4.69) is 12.1 Å². The third-order valence-electron chi connectivity index (χ3n) is 3.92. The third-order valence-corrected chi connectivity index (χ3v) is 4.89. The molecule has 0 aliphatic heterocycles. The molecule has 0 spiro atoms. The summed E-state index contributed by atoms with van der Waals surface area (Å²) in [6, 6.07) is 17.8. The highest BCUT2D eigenvalue weighted by Crippen LogP contribution is 2.32. The Hall–Kier alpha value is -2.59. The van der Waals surface area contributed by atoms with Gasteiger partial charge in [-0.25, -0.2) is 0 Å². The number of methoxy groups -OCH3 is 1. The number of ether oxygens (including phenoxy) is 1. The molecule has 0 aliphatic rings. The summed E-state index contributed by atoms with van der Waals surface area (Å²) >= 11 is 1.63. The zero-order chi connectivity index (χ0) is 17.1. The monoisotopic (exact) mass is 337 g/mol. The smallest absolute Gasteiger partial charge is 0.261 e. The van der Waals surface area contributed by atoms with Gasteiger partial charge in [0, 0.05) is 17.3 Å². The molecule has 0 aliphatic carbocycles. The first kappa shape index (κ1) is 16.3. The Kier molecular flexibility index (Phi) is 4.67. The maximum absolute atomic E-state index is 12.8. The zero-order valence-corrected chi connectivity index (χ0v) is 14.8. The minimum atomic E-state index is -0.0794. The summed E-state index contributed by atoms with van der Waals surface area (Å²) in [5, 5.41) is 2.00. The van der Waals surface area contributed by atoms with Crippen molar-refractivity contribution < 1.29 is 9.53 Å². The summed E-state index contributed by atoms with van der Waals surface area (Å²) in [6.45, 7) is 1.98. The third kappa shape index (κ3) is 3.19. The standard InChI is InChI=1S/C20H19NO2S/c1-14-9-10-17(18(11-14)23-3)20(22)21(2)16-12-19(24-13-16)15-7-5-4-6-8-15/h4-13H,1-3H3. The van der Waals surface area contributed by atoms with Gasteiger partial charge in [-0.2, -0.15) is 0 Å². The molecule has 24 heavy (non-hydrogen) atoms. The Morgan fingerprint density at radius 2 is 1.83 bits per heavy atom. The first-order valence-electron chi connectivity index (χ1n) is 7.67. The highest BCUT2D eigenvalue weighted by atomic mass is 32.1. The maximum Gasteiger partial charge on any atom is 0.261 e. The fourth-order valence-electron chi connectivity index (χ4n) is 2.53. The summed E-state index contributed by atoms with van der Waals surface area (Å²) in [5.74, 6) is 0.523. The van der Waals surface area contributed by atoms with E-state index >= 15 is 0 Å². The van der Waals surface area contributed by atoms with E-state index in [-0.39, 0.29) is 5.91 Å². The van der Waals surface area contributed by atoms with Gasteiger partial charge >= 0.3 is 0 Å². The lowest BCUT2D eigenvalue weighted by atomic mass is 10.1. The Balaban J connectivity index is 1.88. The van der Waals surface area contributed by atoms with Crippen LogP contribution in [0.25, 0.3) is 10.4 Å². The average molecular weight is 337 g/mol. The van der Waals surface area contributed by atoms with Crippen LogP contribution in [0.3, 0.4) is 0 Å². The molecule has 122 valence electrons. The molecule has 4 heteroatoms. The van der Waals surface area contributed by atoms with Crippen molar-refractivity contribution in [3.63, 3.8) is 0 Å². The van der Waals surface area contributed by atoms with Gasteiger partial charge in [0.25, 0.3) is 5.91 Å². The molecule has 1 amide bonds. The molecule has 3 rings (SSSR count). The predicted molar refractivity (Wildman–Crippen MR) is 100 cm³/mol. The fourth-order valence-corrected chi connectivity index (χ4v) is 3.46. The molecule has 0 atom stereocenters. The lowest BCUT2D eigenvalue weighted by Crippen LogP contribution is -2.26. The number of rotatable bonds is 4. The van der Waals surface area contributed by atoms with E-state index in [4.69, 9.17) is 4.74 Å². The van der Waals surface area contributed by atoms with Crippen LogP contribution in [-0.2, 0) is 0 Å². The Morgan fingerprint density at radius 1 is 1.08 bits per heavy atom. The van der Waals surface area contributed by atoms with Crippen LogP contribution in [0.15, 0.2) is 60.0 Å². The normalized spacial score (nSPS) is 10.5. The predicted octanol–water partition coefficient (Wildman–Crippen LogP) is 5.01. The molecule has 0 saturated carbocycles. The Labute approximate surface area is 146 Å². The molecule has 2 aromatic carbocycles. The molecular weight excluding hydrogens is 318 g/mol. The number of hydrogen-bond donors (Lipinski definition) is 0. The summed E-state index contributed by atoms with van der Waals surface area (Å²) in [5.41, 5.74) is 3.67. The lowest BCUT2D eigenvalue weighted by Gasteiger charge is -2.17. The van der Waals surface area contributed by atoms with Crippen LogP contribution in [0.5, 0.6) is 5.75 Å². The molecule has 0 unspecified atom stereocenters. The molecule has 3 nitrogen and oxygen atoms in total. The highest BCUT2D eigenvalue weighted by molar-refractivity contribution is 7.14. The topological polar surface area (TPSA) is 29.5 Å². The van der Waals surface area contributed by atoms with Gasteiger partial charge < -0.3 is 9.64 Å². The molecule has 1 aromatic heterocycles. The summed E-state index contributed by atoms with van der Waals surface area (Å²) in [4.78, 5) is 15.6. The second kappa shape index (κ2) is 6.89. The molecule has 0 fully saturated rings. The zero-order valence-electron chi connectivity index (χ0n) is 13.9. The van der Waals surface area contributed by atoms with Crippen LogP contribution >= 0.6 is 11.3 Å². The maximum atomic E-state index is 12.8. The lowest BCUT2D eigenvalue weighted by molar-refractivity contribution is 0.0990. The van der Waals surface area contributed by atoms with Gasteiger partial charge in [0.2, 0.25) is 0 Å². The molecule has 1 heterocycles. The summed E-state index contributed by atoms with van der Waals surface area (Å²) < 4.78 is 5.36. The number of amides is 1. The van der Waals surface area contributed by atoms with Gasteiger partial charge in [-0.15, -0.1) is 11.3 Å². The molecular formula is C20H19NO2S. The van der Waals surface area contributed by atoms with E-state index < -0.39 is 0 Å². The molecule has 0 saturated heterocycles. The van der Waals surface area contributed by atoms with Crippen LogP contribution < -0.4 is 9.64 Å². The van der Waals surface area contributed by atoms with Crippen molar-refractivity contribution >= 4 is 22.9 Å². The first-order chi connectivity index (χ1) is 11.6. The number of benzene rings is 2. The number of carbonyl (C=O) groups excluding carboxylic acids is 1. The van der Waals surface area contributed by atoms with E-state index in [1.807, 2.05) is 54.8 Å². The first-order valence-corrected chi connectivity index (χ1v) is 8.55. The van der Waals surface area contributed by atoms with E-state index in [9.17, 15) is 4.79 Å². The quantitative estimate of drug-likeness (QED) is 0.670. The number of aryl methyl sites for hydroxylation is 1. The van der Waals surface area contributed by atoms with Gasteiger partial charge in [-0.05, 0) is 36.2 Å². The van der Waals surface area contributed by atoms with E-state index in [1.54, 1.807) is 30.4 Å². The van der Waals surface area contributed by atoms with Crippen molar-refractivity contribution in [1.82, 2.24) is 0 Å². The van der Waals surface area contributed by atoms with Gasteiger partial charge in [0.05, 0.1) is 18.4 Å². The van der Waals surface area contributed by atoms with Gasteiger partial charge in [-0.1, -0.05) is 36.4 Å². The Morgan fingerprint density at radius 3 is 2.54 bits per heavy atom. The van der Waals surface area contributed by atoms with Crippen LogP contribution in [0.4, 0.5) is 5.69 Å². The number of nitrogens with zero attached hydrogens (tertiary/aromatic N) is 1. The summed E-state index contributed by atoms with van der Waals surface area (Å²) in [7, 11) is 3.38. The van der Waals surface area contributed by atoms with Crippen molar-refractivity contribution in [3.05, 3.63) is 71.1 Å². The van der Waals surface area contributed by atoms with Gasteiger partial charge in [0.1, 0.15) is 5.75 Å². The van der Waals surface area contributed by atoms with Crippen LogP contribution in [0.1, 0.15) is 15.9 Å². The number of anilines is 1. The number of thiophene rings is 1. The van der Waals surface area contributed by atoms with E-state index in [0.717, 1.165) is 21.7 Å². The second-order valence-electron chi connectivity index (χ2n) is 5.60. The van der Waals surface area contributed by atoms with Crippen LogP contribution in [0.2, 0.25) is 0 Å². The van der Waals surface area contributed by atoms with Crippen molar-refractivity contribution in [2.45, 2.75) is 6.92 Å². The molecule has 0 N–H and O–H groups in total. The Bertz CT molecular complexity index is 855. The molecule has 0 bridgehead atoms. The highest BCUT2D eigenvalue weighted by Gasteiger charge is 2.19.